The normalized spacial score (nSPS) is 27.0. The van der Waals surface area contributed by atoms with Crippen molar-refractivity contribution in [2.24, 2.45) is 11.8 Å². The fourth-order valence-electron chi connectivity index (χ4n) is 3.05. The van der Waals surface area contributed by atoms with Gasteiger partial charge in [0.2, 0.25) is 0 Å². The van der Waals surface area contributed by atoms with Crippen molar-refractivity contribution in [1.82, 2.24) is 0 Å². The van der Waals surface area contributed by atoms with Gasteiger partial charge < -0.3 is 10.2 Å². The third-order valence-corrected chi connectivity index (χ3v) is 3.97. The smallest absolute Gasteiger partial charge is 0.279 e. The van der Waals surface area contributed by atoms with E-state index < -0.39 is 0 Å². The number of anilines is 1. The van der Waals surface area contributed by atoms with Crippen molar-refractivity contribution in [3.8, 4) is 0 Å². The van der Waals surface area contributed by atoms with E-state index in [0.717, 1.165) is 13.1 Å². The summed E-state index contributed by atoms with van der Waals surface area (Å²) in [5.74, 6) is 1.45. The molecule has 2 atom stereocenters. The monoisotopic (exact) mass is 281 g/mol. The first-order chi connectivity index (χ1) is 9.04. The molecule has 4 heteroatoms. The number of amides is 1. The van der Waals surface area contributed by atoms with Gasteiger partial charge in [-0.15, -0.1) is 0 Å². The zero-order chi connectivity index (χ0) is 13.8. The molecule has 2 N–H and O–H groups in total. The van der Waals surface area contributed by atoms with Gasteiger partial charge in [0, 0.05) is 11.8 Å². The predicted molar refractivity (Wildman–Crippen MR) is 78.6 cm³/mol. The number of hydrogen-bond acceptors (Lipinski definition) is 1. The van der Waals surface area contributed by atoms with E-state index in [9.17, 15) is 4.79 Å². The standard InChI is InChI=1S/C15H21ClN2O/c1-11-7-12(2)9-18(8-11)10-15(19)17-14-6-4-3-5-13(14)16/h3-6,11-12H,7-10H2,1-2H3,(H,17,19)/p+1/t11-,12-/m0/s1. The van der Waals surface area contributed by atoms with Crippen molar-refractivity contribution in [2.45, 2.75) is 20.3 Å². The van der Waals surface area contributed by atoms with Gasteiger partial charge in [-0.05, 0) is 18.6 Å². The Morgan fingerprint density at radius 3 is 2.58 bits per heavy atom. The maximum absolute atomic E-state index is 12.1. The number of carbonyl (C=O) groups excluding carboxylic acids is 1. The maximum atomic E-state index is 12.1. The fourth-order valence-corrected chi connectivity index (χ4v) is 3.23. The van der Waals surface area contributed by atoms with Gasteiger partial charge in [-0.25, -0.2) is 0 Å². The molecule has 0 saturated carbocycles. The summed E-state index contributed by atoms with van der Waals surface area (Å²) in [7, 11) is 0. The van der Waals surface area contributed by atoms with Crippen molar-refractivity contribution in [1.29, 1.82) is 0 Å². The quantitative estimate of drug-likeness (QED) is 0.871. The molecule has 104 valence electrons. The number of para-hydroxylation sites is 1. The molecule has 0 unspecified atom stereocenters. The molecule has 3 nitrogen and oxygen atoms in total. The van der Waals surface area contributed by atoms with Gasteiger partial charge in [0.05, 0.1) is 23.8 Å². The molecule has 0 spiro atoms. The first-order valence-corrected chi connectivity index (χ1v) is 7.30. The molecule has 1 aliphatic rings. The summed E-state index contributed by atoms with van der Waals surface area (Å²) in [6.07, 6.45) is 1.27. The van der Waals surface area contributed by atoms with Gasteiger partial charge in [0.25, 0.3) is 5.91 Å². The topological polar surface area (TPSA) is 33.5 Å². The molecule has 1 heterocycles. The molecule has 19 heavy (non-hydrogen) atoms. The van der Waals surface area contributed by atoms with E-state index in [4.69, 9.17) is 11.6 Å². The van der Waals surface area contributed by atoms with Crippen LogP contribution >= 0.6 is 11.6 Å². The SMILES string of the molecule is C[C@H]1C[C@H](C)C[NH+](CC(=O)Nc2ccccc2Cl)C1. The van der Waals surface area contributed by atoms with Gasteiger partial charge in [0.1, 0.15) is 0 Å². The second-order valence-corrected chi connectivity index (χ2v) is 6.22. The zero-order valence-electron chi connectivity index (χ0n) is 11.6. The van der Waals surface area contributed by atoms with Gasteiger partial charge in [-0.2, -0.15) is 0 Å². The Balaban J connectivity index is 1.89. The van der Waals surface area contributed by atoms with Crippen LogP contribution in [0.2, 0.25) is 5.02 Å². The first kappa shape index (κ1) is 14.4. The molecule has 1 aromatic rings. The molecule has 1 aliphatic heterocycles. The lowest BCUT2D eigenvalue weighted by atomic mass is 9.92. The Morgan fingerprint density at radius 1 is 1.32 bits per heavy atom. The van der Waals surface area contributed by atoms with Crippen LogP contribution in [0.25, 0.3) is 0 Å². The second-order valence-electron chi connectivity index (χ2n) is 5.81. The average molecular weight is 282 g/mol. The van der Waals surface area contributed by atoms with E-state index in [1.54, 1.807) is 6.07 Å². The van der Waals surface area contributed by atoms with Crippen molar-refractivity contribution >= 4 is 23.2 Å². The number of benzene rings is 1. The number of hydrogen-bond donors (Lipinski definition) is 2. The molecule has 0 bridgehead atoms. The minimum Gasteiger partial charge on any atom is -0.327 e. The van der Waals surface area contributed by atoms with Crippen molar-refractivity contribution in [3.05, 3.63) is 29.3 Å². The number of likely N-dealkylation sites (tertiary alicyclic amines) is 1. The Morgan fingerprint density at radius 2 is 1.95 bits per heavy atom. The van der Waals surface area contributed by atoms with Crippen molar-refractivity contribution < 1.29 is 9.69 Å². The van der Waals surface area contributed by atoms with Crippen LogP contribution in [0.4, 0.5) is 5.69 Å². The summed E-state index contributed by atoms with van der Waals surface area (Å²) in [6, 6.07) is 7.35. The minimum absolute atomic E-state index is 0.0457. The number of carbonyl (C=O) groups is 1. The summed E-state index contributed by atoms with van der Waals surface area (Å²) in [4.78, 5) is 13.4. The fraction of sp³-hybridized carbons (Fsp3) is 0.533. The Labute approximate surface area is 119 Å². The van der Waals surface area contributed by atoms with Crippen LogP contribution in [-0.4, -0.2) is 25.5 Å². The van der Waals surface area contributed by atoms with Crippen LogP contribution < -0.4 is 10.2 Å². The molecule has 2 rings (SSSR count). The lowest BCUT2D eigenvalue weighted by Crippen LogP contribution is -3.15. The molecule has 1 fully saturated rings. The highest BCUT2D eigenvalue weighted by Gasteiger charge is 2.26. The lowest BCUT2D eigenvalue weighted by molar-refractivity contribution is -0.904. The van der Waals surface area contributed by atoms with Crippen molar-refractivity contribution in [3.63, 3.8) is 0 Å². The van der Waals surface area contributed by atoms with Crippen LogP contribution in [0.1, 0.15) is 20.3 Å². The van der Waals surface area contributed by atoms with E-state index >= 15 is 0 Å². The highest BCUT2D eigenvalue weighted by molar-refractivity contribution is 6.33. The number of nitrogens with one attached hydrogen (secondary N) is 2. The number of piperidine rings is 1. The molecular weight excluding hydrogens is 260 g/mol. The summed E-state index contributed by atoms with van der Waals surface area (Å²) in [6.45, 7) is 7.23. The summed E-state index contributed by atoms with van der Waals surface area (Å²) in [5, 5.41) is 3.48. The molecule has 1 amide bonds. The van der Waals surface area contributed by atoms with Gasteiger partial charge >= 0.3 is 0 Å². The highest BCUT2D eigenvalue weighted by Crippen LogP contribution is 2.20. The Hall–Kier alpha value is -1.06. The molecule has 0 aliphatic carbocycles. The van der Waals surface area contributed by atoms with Crippen LogP contribution in [0, 0.1) is 11.8 Å². The summed E-state index contributed by atoms with van der Waals surface area (Å²) < 4.78 is 0. The summed E-state index contributed by atoms with van der Waals surface area (Å²) >= 11 is 6.04. The van der Waals surface area contributed by atoms with E-state index in [0.29, 0.717) is 29.1 Å². The minimum atomic E-state index is 0.0457. The predicted octanol–water partition coefficient (Wildman–Crippen LogP) is 1.84. The van der Waals surface area contributed by atoms with Gasteiger partial charge in [-0.1, -0.05) is 37.6 Å². The van der Waals surface area contributed by atoms with E-state index in [1.165, 1.54) is 11.3 Å². The van der Waals surface area contributed by atoms with Crippen molar-refractivity contribution in [2.75, 3.05) is 25.0 Å². The van der Waals surface area contributed by atoms with Crippen LogP contribution in [0.5, 0.6) is 0 Å². The van der Waals surface area contributed by atoms with Crippen LogP contribution in [-0.2, 0) is 4.79 Å². The third kappa shape index (κ3) is 4.22. The van der Waals surface area contributed by atoms with Crippen LogP contribution in [0.15, 0.2) is 24.3 Å². The molecule has 1 aromatic carbocycles. The van der Waals surface area contributed by atoms with E-state index in [1.807, 2.05) is 18.2 Å². The highest BCUT2D eigenvalue weighted by atomic mass is 35.5. The maximum Gasteiger partial charge on any atom is 0.279 e. The van der Waals surface area contributed by atoms with E-state index in [-0.39, 0.29) is 5.91 Å². The molecule has 1 saturated heterocycles. The zero-order valence-corrected chi connectivity index (χ0v) is 12.3. The van der Waals surface area contributed by atoms with Crippen LogP contribution in [0.3, 0.4) is 0 Å². The molecule has 0 aromatic heterocycles. The molecule has 0 radical (unpaired) electrons. The second kappa shape index (κ2) is 6.40. The van der Waals surface area contributed by atoms with Gasteiger partial charge in [0.15, 0.2) is 6.54 Å². The first-order valence-electron chi connectivity index (χ1n) is 6.92. The number of quaternary nitrogens is 1. The van der Waals surface area contributed by atoms with E-state index in [2.05, 4.69) is 19.2 Å². The average Bonchev–Trinajstić information content (AvgIpc) is 2.30. The third-order valence-electron chi connectivity index (χ3n) is 3.64. The Kier molecular flexibility index (Phi) is 4.83. The summed E-state index contributed by atoms with van der Waals surface area (Å²) in [5.41, 5.74) is 0.701. The molecular formula is C15H22ClN2O+. The Bertz CT molecular complexity index is 440. The lowest BCUT2D eigenvalue weighted by Gasteiger charge is -2.31. The largest absolute Gasteiger partial charge is 0.327 e. The number of rotatable bonds is 3. The number of halogens is 1. The van der Waals surface area contributed by atoms with Gasteiger partial charge in [-0.3, -0.25) is 4.79 Å².